The maximum Gasteiger partial charge on any atom is 0.321 e. The summed E-state index contributed by atoms with van der Waals surface area (Å²) in [5.74, 6) is 0.756. The molecule has 18 heavy (non-hydrogen) atoms. The molecule has 2 rings (SSSR count). The third-order valence-corrected chi connectivity index (χ3v) is 3.67. The Hall–Kier alpha value is -1.23. The standard InChI is InChI=1S/C13H17BrN2O2/c1-18-12-6-5-10(9-11(12)14)15-13(17)16-7-3-2-4-8-16/h5-6,9H,2-4,7-8H2,1H3,(H,15,17). The van der Waals surface area contributed by atoms with Crippen LogP contribution in [0.25, 0.3) is 0 Å². The van der Waals surface area contributed by atoms with Crippen LogP contribution >= 0.6 is 15.9 Å². The zero-order valence-corrected chi connectivity index (χ0v) is 12.0. The molecule has 1 aliphatic heterocycles. The molecule has 1 saturated heterocycles. The number of hydrogen-bond donors (Lipinski definition) is 1. The summed E-state index contributed by atoms with van der Waals surface area (Å²) in [4.78, 5) is 13.9. The van der Waals surface area contributed by atoms with Crippen LogP contribution in [0.2, 0.25) is 0 Å². The molecule has 0 radical (unpaired) electrons. The fourth-order valence-corrected chi connectivity index (χ4v) is 2.58. The van der Waals surface area contributed by atoms with Gasteiger partial charge >= 0.3 is 6.03 Å². The van der Waals surface area contributed by atoms with Crippen molar-refractivity contribution in [3.05, 3.63) is 22.7 Å². The summed E-state index contributed by atoms with van der Waals surface area (Å²) in [5, 5.41) is 2.91. The number of nitrogens with zero attached hydrogens (tertiary/aromatic N) is 1. The number of halogens is 1. The monoisotopic (exact) mass is 312 g/mol. The number of carbonyl (C=O) groups is 1. The van der Waals surface area contributed by atoms with Gasteiger partial charge in [-0.05, 0) is 53.4 Å². The summed E-state index contributed by atoms with van der Waals surface area (Å²) < 4.78 is 5.99. The van der Waals surface area contributed by atoms with Gasteiger partial charge in [0.1, 0.15) is 5.75 Å². The fraction of sp³-hybridized carbons (Fsp3) is 0.462. The summed E-state index contributed by atoms with van der Waals surface area (Å²) in [5.41, 5.74) is 0.776. The van der Waals surface area contributed by atoms with Crippen molar-refractivity contribution in [2.75, 3.05) is 25.5 Å². The fourth-order valence-electron chi connectivity index (χ4n) is 2.04. The van der Waals surface area contributed by atoms with E-state index in [1.54, 1.807) is 7.11 Å². The Kier molecular flexibility index (Phi) is 4.47. The molecule has 0 saturated carbocycles. The molecule has 4 nitrogen and oxygen atoms in total. The van der Waals surface area contributed by atoms with Gasteiger partial charge in [-0.15, -0.1) is 0 Å². The summed E-state index contributed by atoms with van der Waals surface area (Å²) in [6, 6.07) is 5.49. The molecule has 1 fully saturated rings. The van der Waals surface area contributed by atoms with E-state index in [1.807, 2.05) is 23.1 Å². The molecule has 5 heteroatoms. The molecule has 0 unspecified atom stereocenters. The first-order chi connectivity index (χ1) is 8.70. The SMILES string of the molecule is COc1ccc(NC(=O)N2CCCCC2)cc1Br. The Balaban J connectivity index is 2.00. The number of ether oxygens (including phenoxy) is 1. The quantitative estimate of drug-likeness (QED) is 0.908. The molecule has 1 aromatic carbocycles. The average molecular weight is 313 g/mol. The molecule has 1 aliphatic rings. The van der Waals surface area contributed by atoms with E-state index in [2.05, 4.69) is 21.2 Å². The van der Waals surface area contributed by atoms with Gasteiger partial charge in [0.15, 0.2) is 0 Å². The van der Waals surface area contributed by atoms with Crippen LogP contribution in [-0.2, 0) is 0 Å². The van der Waals surface area contributed by atoms with Crippen molar-refractivity contribution in [2.45, 2.75) is 19.3 Å². The Bertz CT molecular complexity index is 431. The van der Waals surface area contributed by atoms with E-state index in [-0.39, 0.29) is 6.03 Å². The topological polar surface area (TPSA) is 41.6 Å². The van der Waals surface area contributed by atoms with Crippen LogP contribution in [0.1, 0.15) is 19.3 Å². The van der Waals surface area contributed by atoms with Gasteiger partial charge in [0.25, 0.3) is 0 Å². The lowest BCUT2D eigenvalue weighted by Gasteiger charge is -2.26. The van der Waals surface area contributed by atoms with Crippen LogP contribution in [-0.4, -0.2) is 31.1 Å². The Morgan fingerprint density at radius 3 is 2.67 bits per heavy atom. The Labute approximate surface area is 115 Å². The van der Waals surface area contributed by atoms with E-state index < -0.39 is 0 Å². The molecule has 1 N–H and O–H groups in total. The molecule has 0 bridgehead atoms. The third-order valence-electron chi connectivity index (χ3n) is 3.05. The van der Waals surface area contributed by atoms with E-state index in [4.69, 9.17) is 4.74 Å². The number of urea groups is 1. The number of carbonyl (C=O) groups excluding carboxylic acids is 1. The van der Waals surface area contributed by atoms with E-state index >= 15 is 0 Å². The molecular weight excluding hydrogens is 296 g/mol. The largest absolute Gasteiger partial charge is 0.496 e. The van der Waals surface area contributed by atoms with Gasteiger partial charge in [-0.2, -0.15) is 0 Å². The number of benzene rings is 1. The number of methoxy groups -OCH3 is 1. The highest BCUT2D eigenvalue weighted by atomic mass is 79.9. The van der Waals surface area contributed by atoms with Gasteiger partial charge in [0.05, 0.1) is 11.6 Å². The zero-order valence-electron chi connectivity index (χ0n) is 10.4. The van der Waals surface area contributed by atoms with Crippen LogP contribution in [0.5, 0.6) is 5.75 Å². The minimum Gasteiger partial charge on any atom is -0.496 e. The van der Waals surface area contributed by atoms with Crippen molar-refractivity contribution in [3.63, 3.8) is 0 Å². The summed E-state index contributed by atoms with van der Waals surface area (Å²) in [6.45, 7) is 1.70. The van der Waals surface area contributed by atoms with E-state index in [0.29, 0.717) is 0 Å². The maximum atomic E-state index is 12.0. The van der Waals surface area contributed by atoms with Crippen LogP contribution in [0, 0.1) is 0 Å². The van der Waals surface area contributed by atoms with E-state index in [1.165, 1.54) is 6.42 Å². The Morgan fingerprint density at radius 1 is 1.33 bits per heavy atom. The predicted octanol–water partition coefficient (Wildman–Crippen LogP) is 3.48. The number of anilines is 1. The molecule has 0 spiro atoms. The van der Waals surface area contributed by atoms with E-state index in [0.717, 1.165) is 41.8 Å². The van der Waals surface area contributed by atoms with Crippen molar-refractivity contribution < 1.29 is 9.53 Å². The molecule has 1 heterocycles. The summed E-state index contributed by atoms with van der Waals surface area (Å²) in [6.07, 6.45) is 3.41. The van der Waals surface area contributed by atoms with Crippen LogP contribution in [0.4, 0.5) is 10.5 Å². The first-order valence-electron chi connectivity index (χ1n) is 6.10. The maximum absolute atomic E-state index is 12.0. The summed E-state index contributed by atoms with van der Waals surface area (Å²) in [7, 11) is 1.62. The van der Waals surface area contributed by atoms with Gasteiger partial charge in [0.2, 0.25) is 0 Å². The lowest BCUT2D eigenvalue weighted by molar-refractivity contribution is 0.200. The second-order valence-corrected chi connectivity index (χ2v) is 5.18. The molecule has 98 valence electrons. The molecule has 0 atom stereocenters. The van der Waals surface area contributed by atoms with Crippen molar-refractivity contribution in [1.29, 1.82) is 0 Å². The second kappa shape index (κ2) is 6.09. The van der Waals surface area contributed by atoms with Gasteiger partial charge in [-0.1, -0.05) is 0 Å². The molecule has 0 aliphatic carbocycles. The van der Waals surface area contributed by atoms with Gasteiger partial charge in [-0.3, -0.25) is 0 Å². The normalized spacial score (nSPS) is 15.3. The number of amides is 2. The zero-order chi connectivity index (χ0) is 13.0. The lowest BCUT2D eigenvalue weighted by Crippen LogP contribution is -2.38. The molecule has 1 aromatic rings. The van der Waals surface area contributed by atoms with Gasteiger partial charge < -0.3 is 15.0 Å². The Morgan fingerprint density at radius 2 is 2.06 bits per heavy atom. The number of nitrogens with one attached hydrogen (secondary N) is 1. The van der Waals surface area contributed by atoms with Crippen LogP contribution in [0.3, 0.4) is 0 Å². The average Bonchev–Trinajstić information content (AvgIpc) is 2.40. The highest BCUT2D eigenvalue weighted by Crippen LogP contribution is 2.27. The number of hydrogen-bond acceptors (Lipinski definition) is 2. The van der Waals surface area contributed by atoms with Gasteiger partial charge in [0, 0.05) is 18.8 Å². The smallest absolute Gasteiger partial charge is 0.321 e. The third kappa shape index (κ3) is 3.16. The minimum atomic E-state index is -0.0215. The number of likely N-dealkylation sites (tertiary alicyclic amines) is 1. The lowest BCUT2D eigenvalue weighted by atomic mass is 10.1. The first kappa shape index (κ1) is 13.2. The molecule has 2 amide bonds. The number of rotatable bonds is 2. The van der Waals surface area contributed by atoms with Crippen LogP contribution < -0.4 is 10.1 Å². The highest BCUT2D eigenvalue weighted by molar-refractivity contribution is 9.10. The summed E-state index contributed by atoms with van der Waals surface area (Å²) >= 11 is 3.40. The van der Waals surface area contributed by atoms with Gasteiger partial charge in [-0.25, -0.2) is 4.79 Å². The molecular formula is C13H17BrN2O2. The minimum absolute atomic E-state index is 0.0215. The first-order valence-corrected chi connectivity index (χ1v) is 6.89. The predicted molar refractivity (Wildman–Crippen MR) is 75.1 cm³/mol. The van der Waals surface area contributed by atoms with Crippen molar-refractivity contribution >= 4 is 27.6 Å². The van der Waals surface area contributed by atoms with Crippen molar-refractivity contribution in [2.24, 2.45) is 0 Å². The van der Waals surface area contributed by atoms with Crippen LogP contribution in [0.15, 0.2) is 22.7 Å². The van der Waals surface area contributed by atoms with Crippen molar-refractivity contribution in [1.82, 2.24) is 4.90 Å². The molecule has 0 aromatic heterocycles. The number of piperidine rings is 1. The highest BCUT2D eigenvalue weighted by Gasteiger charge is 2.16. The van der Waals surface area contributed by atoms with E-state index in [9.17, 15) is 4.79 Å². The second-order valence-electron chi connectivity index (χ2n) is 4.33. The van der Waals surface area contributed by atoms with Crippen molar-refractivity contribution in [3.8, 4) is 5.75 Å².